The molecule has 0 unspecified atom stereocenters. The van der Waals surface area contributed by atoms with Crippen molar-refractivity contribution in [2.24, 2.45) is 0 Å². The Labute approximate surface area is 183 Å². The SMILES string of the molecule is C=CCCCn1c2ccc(O)cc2c2c3c(c(-c4ccccc4Cl)cc21)C(=O)NC3=O. The molecule has 0 atom stereocenters. The van der Waals surface area contributed by atoms with Gasteiger partial charge in [0.25, 0.3) is 11.8 Å². The van der Waals surface area contributed by atoms with Crippen LogP contribution in [0.1, 0.15) is 33.6 Å². The van der Waals surface area contributed by atoms with Gasteiger partial charge in [-0.2, -0.15) is 0 Å². The number of imide groups is 1. The van der Waals surface area contributed by atoms with Crippen LogP contribution in [0, 0.1) is 0 Å². The molecule has 31 heavy (non-hydrogen) atoms. The van der Waals surface area contributed by atoms with Crippen LogP contribution in [0.2, 0.25) is 5.02 Å². The van der Waals surface area contributed by atoms with Gasteiger partial charge in [-0.25, -0.2) is 0 Å². The molecule has 3 aromatic carbocycles. The minimum Gasteiger partial charge on any atom is -0.508 e. The summed E-state index contributed by atoms with van der Waals surface area (Å²) in [7, 11) is 0. The van der Waals surface area contributed by atoms with Crippen LogP contribution in [-0.4, -0.2) is 21.5 Å². The molecule has 4 aromatic rings. The Morgan fingerprint density at radius 2 is 1.77 bits per heavy atom. The van der Waals surface area contributed by atoms with Gasteiger partial charge in [0.05, 0.1) is 16.6 Å². The third-order valence-corrected chi connectivity index (χ3v) is 6.10. The fourth-order valence-electron chi connectivity index (χ4n) is 4.46. The molecule has 1 aromatic heterocycles. The van der Waals surface area contributed by atoms with E-state index in [1.807, 2.05) is 36.4 Å². The first kappa shape index (κ1) is 19.4. The van der Waals surface area contributed by atoms with Crippen molar-refractivity contribution in [2.45, 2.75) is 19.4 Å². The highest BCUT2D eigenvalue weighted by Crippen LogP contribution is 2.42. The lowest BCUT2D eigenvalue weighted by Gasteiger charge is -2.12. The lowest BCUT2D eigenvalue weighted by atomic mass is 9.93. The van der Waals surface area contributed by atoms with E-state index in [1.165, 1.54) is 0 Å². The number of benzene rings is 3. The summed E-state index contributed by atoms with van der Waals surface area (Å²) in [6.45, 7) is 4.50. The van der Waals surface area contributed by atoms with Gasteiger partial charge >= 0.3 is 0 Å². The Morgan fingerprint density at radius 3 is 2.55 bits per heavy atom. The van der Waals surface area contributed by atoms with Crippen molar-refractivity contribution in [3.8, 4) is 16.9 Å². The Bertz CT molecular complexity index is 1420. The van der Waals surface area contributed by atoms with Crippen LogP contribution in [-0.2, 0) is 6.54 Å². The molecule has 0 saturated carbocycles. The maximum absolute atomic E-state index is 12.9. The number of amides is 2. The number of nitrogens with zero attached hydrogens (tertiary/aromatic N) is 1. The van der Waals surface area contributed by atoms with Gasteiger partial charge in [0, 0.05) is 33.4 Å². The molecular formula is C25H19ClN2O3. The summed E-state index contributed by atoms with van der Waals surface area (Å²) >= 11 is 6.47. The summed E-state index contributed by atoms with van der Waals surface area (Å²) < 4.78 is 2.13. The molecule has 1 aliphatic rings. The molecular weight excluding hydrogens is 412 g/mol. The van der Waals surface area contributed by atoms with Gasteiger partial charge in [-0.1, -0.05) is 35.9 Å². The standard InChI is InChI=1S/C25H19ClN2O3/c1-2-3-6-11-28-19-10-9-14(29)12-17(19)21-20(28)13-16(15-7-4-5-8-18(15)26)22-23(21)25(31)27-24(22)30/h2,4-5,7-10,12-13,29H,1,3,6,11H2,(H,27,30,31). The third-order valence-electron chi connectivity index (χ3n) is 5.77. The molecule has 0 bridgehead atoms. The number of halogens is 1. The van der Waals surface area contributed by atoms with Gasteiger partial charge in [0.2, 0.25) is 0 Å². The average Bonchev–Trinajstić information content (AvgIpc) is 3.21. The van der Waals surface area contributed by atoms with Gasteiger partial charge < -0.3 is 9.67 Å². The minimum atomic E-state index is -0.440. The molecule has 0 saturated heterocycles. The predicted molar refractivity (Wildman–Crippen MR) is 123 cm³/mol. The minimum absolute atomic E-state index is 0.103. The highest BCUT2D eigenvalue weighted by Gasteiger charge is 2.34. The van der Waals surface area contributed by atoms with Crippen molar-refractivity contribution >= 4 is 45.2 Å². The number of rotatable bonds is 5. The van der Waals surface area contributed by atoms with E-state index in [0.717, 1.165) is 29.3 Å². The lowest BCUT2D eigenvalue weighted by Crippen LogP contribution is -2.20. The maximum atomic E-state index is 12.9. The zero-order chi connectivity index (χ0) is 21.7. The molecule has 5 rings (SSSR count). The zero-order valence-corrected chi connectivity index (χ0v) is 17.4. The first-order valence-corrected chi connectivity index (χ1v) is 10.4. The van der Waals surface area contributed by atoms with Gasteiger partial charge in [0.1, 0.15) is 5.75 Å². The van der Waals surface area contributed by atoms with E-state index in [1.54, 1.807) is 18.2 Å². The normalized spacial score (nSPS) is 13.1. The number of carbonyl (C=O) groups excluding carboxylic acids is 2. The number of phenols is 1. The monoisotopic (exact) mass is 430 g/mol. The van der Waals surface area contributed by atoms with Crippen molar-refractivity contribution in [3.63, 3.8) is 0 Å². The van der Waals surface area contributed by atoms with E-state index in [9.17, 15) is 14.7 Å². The first-order valence-electron chi connectivity index (χ1n) is 10.0. The van der Waals surface area contributed by atoms with Gasteiger partial charge in [0.15, 0.2) is 0 Å². The van der Waals surface area contributed by atoms with Crippen molar-refractivity contribution in [3.05, 3.63) is 77.3 Å². The smallest absolute Gasteiger partial charge is 0.259 e. The van der Waals surface area contributed by atoms with Crippen LogP contribution in [0.25, 0.3) is 32.9 Å². The molecule has 5 nitrogen and oxygen atoms in total. The summed E-state index contributed by atoms with van der Waals surface area (Å²) in [5.41, 5.74) is 3.67. The summed E-state index contributed by atoms with van der Waals surface area (Å²) in [6, 6.07) is 14.3. The summed E-state index contributed by atoms with van der Waals surface area (Å²) in [6.07, 6.45) is 3.59. The van der Waals surface area contributed by atoms with Crippen LogP contribution in [0.3, 0.4) is 0 Å². The molecule has 1 aliphatic heterocycles. The molecule has 2 N–H and O–H groups in total. The van der Waals surface area contributed by atoms with Crippen LogP contribution in [0.15, 0.2) is 61.2 Å². The number of aromatic hydroxyl groups is 1. The van der Waals surface area contributed by atoms with Crippen molar-refractivity contribution in [1.29, 1.82) is 0 Å². The molecule has 2 heterocycles. The maximum Gasteiger partial charge on any atom is 0.259 e. The first-order chi connectivity index (χ1) is 15.0. The molecule has 6 heteroatoms. The quantitative estimate of drug-likeness (QED) is 0.243. The number of hydrogen-bond acceptors (Lipinski definition) is 3. The largest absolute Gasteiger partial charge is 0.508 e. The molecule has 2 amide bonds. The predicted octanol–water partition coefficient (Wildman–Crippen LogP) is 5.67. The second-order valence-corrected chi connectivity index (χ2v) is 8.02. The Hall–Kier alpha value is -3.57. The Kier molecular flexibility index (Phi) is 4.56. The van der Waals surface area contributed by atoms with Gasteiger partial charge in [-0.15, -0.1) is 6.58 Å². The van der Waals surface area contributed by atoms with Crippen molar-refractivity contribution < 1.29 is 14.7 Å². The molecule has 0 radical (unpaired) electrons. The number of unbranched alkanes of at least 4 members (excludes halogenated alkanes) is 1. The van der Waals surface area contributed by atoms with E-state index in [4.69, 9.17) is 11.6 Å². The fourth-order valence-corrected chi connectivity index (χ4v) is 4.70. The molecule has 0 spiro atoms. The van der Waals surface area contributed by atoms with E-state index in [2.05, 4.69) is 16.5 Å². The molecule has 0 aliphatic carbocycles. The number of allylic oxidation sites excluding steroid dienone is 1. The van der Waals surface area contributed by atoms with Crippen LogP contribution in [0.5, 0.6) is 5.75 Å². The second-order valence-electron chi connectivity index (χ2n) is 7.62. The number of nitrogens with one attached hydrogen (secondary N) is 1. The Balaban J connectivity index is 1.94. The van der Waals surface area contributed by atoms with Gasteiger partial charge in [-0.05, 0) is 48.7 Å². The number of phenolic OH excluding ortho intramolecular Hbond substituents is 1. The summed E-state index contributed by atoms with van der Waals surface area (Å²) in [4.78, 5) is 25.7. The lowest BCUT2D eigenvalue weighted by molar-refractivity contribution is 0.0880. The topological polar surface area (TPSA) is 71.3 Å². The van der Waals surface area contributed by atoms with Crippen molar-refractivity contribution in [2.75, 3.05) is 0 Å². The van der Waals surface area contributed by atoms with E-state index in [0.29, 0.717) is 39.2 Å². The second kappa shape index (κ2) is 7.29. The Morgan fingerprint density at radius 1 is 1.00 bits per heavy atom. The number of aromatic nitrogens is 1. The molecule has 0 fully saturated rings. The highest BCUT2D eigenvalue weighted by molar-refractivity contribution is 6.36. The number of carbonyl (C=O) groups is 2. The van der Waals surface area contributed by atoms with Crippen LogP contribution < -0.4 is 5.32 Å². The zero-order valence-electron chi connectivity index (χ0n) is 16.6. The fraction of sp³-hybridized carbons (Fsp3) is 0.120. The van der Waals surface area contributed by atoms with E-state index in [-0.39, 0.29) is 5.75 Å². The van der Waals surface area contributed by atoms with E-state index >= 15 is 0 Å². The van der Waals surface area contributed by atoms with Gasteiger partial charge in [-0.3, -0.25) is 14.9 Å². The number of aryl methyl sites for hydroxylation is 1. The van der Waals surface area contributed by atoms with E-state index < -0.39 is 11.8 Å². The highest BCUT2D eigenvalue weighted by atomic mass is 35.5. The summed E-state index contributed by atoms with van der Waals surface area (Å²) in [5.74, 6) is -0.775. The molecule has 154 valence electrons. The number of fused-ring (bicyclic) bond motifs is 5. The number of hydrogen-bond donors (Lipinski definition) is 2. The third kappa shape index (κ3) is 2.93. The van der Waals surface area contributed by atoms with Crippen molar-refractivity contribution in [1.82, 2.24) is 9.88 Å². The summed E-state index contributed by atoms with van der Waals surface area (Å²) in [5, 5.41) is 14.5. The van der Waals surface area contributed by atoms with Crippen LogP contribution in [0.4, 0.5) is 0 Å². The van der Waals surface area contributed by atoms with Crippen LogP contribution >= 0.6 is 11.6 Å². The average molecular weight is 431 g/mol.